The quantitative estimate of drug-likeness (QED) is 0.867. The van der Waals surface area contributed by atoms with Crippen LogP contribution in [-0.2, 0) is 16.6 Å². The van der Waals surface area contributed by atoms with Gasteiger partial charge in [-0.15, -0.1) is 0 Å². The number of hydrogen-bond donors (Lipinski definition) is 2. The minimum atomic E-state index is -3.45. The van der Waals surface area contributed by atoms with Crippen molar-refractivity contribution in [2.45, 2.75) is 11.4 Å². The number of sulfonamides is 1. The maximum Gasteiger partial charge on any atom is 0.371 e. The molecular formula is C12H9NO5S. The second-order valence-corrected chi connectivity index (χ2v) is 5.85. The number of carboxylic acids is 1. The van der Waals surface area contributed by atoms with E-state index < -0.39 is 16.0 Å². The summed E-state index contributed by atoms with van der Waals surface area (Å²) in [5.41, 5.74) is 1.22. The maximum atomic E-state index is 11.7. The zero-order chi connectivity index (χ0) is 13.6. The van der Waals surface area contributed by atoms with E-state index in [0.29, 0.717) is 16.9 Å². The zero-order valence-electron chi connectivity index (χ0n) is 9.58. The van der Waals surface area contributed by atoms with Gasteiger partial charge in [0.2, 0.25) is 15.8 Å². The third-order valence-corrected chi connectivity index (χ3v) is 4.39. The lowest BCUT2D eigenvalue weighted by Crippen LogP contribution is -2.13. The van der Waals surface area contributed by atoms with Crippen LogP contribution in [0.15, 0.2) is 39.6 Å². The number of benzene rings is 1. The Balaban J connectivity index is 2.10. The molecule has 1 aromatic heterocycles. The molecular weight excluding hydrogens is 270 g/mol. The lowest BCUT2D eigenvalue weighted by molar-refractivity contribution is 0.0663. The van der Waals surface area contributed by atoms with Gasteiger partial charge < -0.3 is 9.52 Å². The first-order valence-electron chi connectivity index (χ1n) is 5.43. The summed E-state index contributed by atoms with van der Waals surface area (Å²) in [6.45, 7) is 0.274. The fourth-order valence-electron chi connectivity index (χ4n) is 1.96. The summed E-state index contributed by atoms with van der Waals surface area (Å²) in [4.78, 5) is 10.9. The molecule has 0 atom stereocenters. The molecule has 0 spiro atoms. The number of carboxylic acid groups (broad SMARTS) is 1. The van der Waals surface area contributed by atoms with E-state index in [0.717, 1.165) is 0 Å². The number of carbonyl (C=O) groups is 1. The van der Waals surface area contributed by atoms with E-state index in [2.05, 4.69) is 4.72 Å². The highest BCUT2D eigenvalue weighted by Crippen LogP contribution is 2.29. The van der Waals surface area contributed by atoms with E-state index in [-0.39, 0.29) is 17.2 Å². The molecule has 1 aliphatic heterocycles. The Morgan fingerprint density at radius 1 is 1.26 bits per heavy atom. The third-order valence-electron chi connectivity index (χ3n) is 2.91. The monoisotopic (exact) mass is 279 g/mol. The minimum absolute atomic E-state index is 0.184. The summed E-state index contributed by atoms with van der Waals surface area (Å²) in [7, 11) is -3.45. The molecule has 0 bridgehead atoms. The van der Waals surface area contributed by atoms with Crippen molar-refractivity contribution in [3.8, 4) is 11.3 Å². The van der Waals surface area contributed by atoms with Crippen LogP contribution in [-0.4, -0.2) is 19.5 Å². The van der Waals surface area contributed by atoms with Crippen LogP contribution < -0.4 is 4.72 Å². The second-order valence-electron chi connectivity index (χ2n) is 4.12. The van der Waals surface area contributed by atoms with Gasteiger partial charge in [-0.3, -0.25) is 0 Å². The van der Waals surface area contributed by atoms with E-state index in [1.807, 2.05) is 0 Å². The Bertz CT molecular complexity index is 775. The van der Waals surface area contributed by atoms with Gasteiger partial charge in [0.15, 0.2) is 0 Å². The standard InChI is InChI=1S/C12H9NO5S/c14-12(15)10-4-3-9(18-10)7-1-2-8-6-13-19(16,17)11(8)5-7/h1-5,13H,6H2,(H,14,15). The molecule has 3 rings (SSSR count). The molecule has 1 aromatic carbocycles. The Morgan fingerprint density at radius 2 is 2.05 bits per heavy atom. The average Bonchev–Trinajstić information content (AvgIpc) is 2.95. The van der Waals surface area contributed by atoms with Crippen LogP contribution in [0, 0.1) is 0 Å². The normalized spacial score (nSPS) is 16.2. The SMILES string of the molecule is O=C(O)c1ccc(-c2ccc3c(c2)S(=O)(=O)NC3)o1. The maximum absolute atomic E-state index is 11.7. The number of rotatable bonds is 2. The van der Waals surface area contributed by atoms with Crippen molar-refractivity contribution in [3.05, 3.63) is 41.7 Å². The van der Waals surface area contributed by atoms with Crippen molar-refractivity contribution in [1.82, 2.24) is 4.72 Å². The summed E-state index contributed by atoms with van der Waals surface area (Å²) in [6.07, 6.45) is 0. The molecule has 0 radical (unpaired) electrons. The van der Waals surface area contributed by atoms with Crippen molar-refractivity contribution in [2.24, 2.45) is 0 Å². The van der Waals surface area contributed by atoms with E-state index in [9.17, 15) is 13.2 Å². The molecule has 2 aromatic rings. The van der Waals surface area contributed by atoms with Gasteiger partial charge in [0.1, 0.15) is 5.76 Å². The highest BCUT2D eigenvalue weighted by molar-refractivity contribution is 7.89. The van der Waals surface area contributed by atoms with Crippen molar-refractivity contribution in [1.29, 1.82) is 0 Å². The number of fused-ring (bicyclic) bond motifs is 1. The van der Waals surface area contributed by atoms with Gasteiger partial charge in [-0.05, 0) is 23.8 Å². The first kappa shape index (κ1) is 11.9. The van der Waals surface area contributed by atoms with E-state index in [4.69, 9.17) is 9.52 Å². The van der Waals surface area contributed by atoms with Gasteiger partial charge in [-0.25, -0.2) is 17.9 Å². The summed E-state index contributed by atoms with van der Waals surface area (Å²) >= 11 is 0. The highest BCUT2D eigenvalue weighted by atomic mass is 32.2. The van der Waals surface area contributed by atoms with E-state index in [1.54, 1.807) is 12.1 Å². The smallest absolute Gasteiger partial charge is 0.371 e. The predicted octanol–water partition coefficient (Wildman–Crippen LogP) is 1.44. The van der Waals surface area contributed by atoms with Crippen LogP contribution in [0.3, 0.4) is 0 Å². The first-order chi connectivity index (χ1) is 8.97. The Kier molecular flexibility index (Phi) is 2.48. The van der Waals surface area contributed by atoms with Crippen LogP contribution in [0.4, 0.5) is 0 Å². The van der Waals surface area contributed by atoms with Gasteiger partial charge >= 0.3 is 5.97 Å². The molecule has 0 saturated carbocycles. The van der Waals surface area contributed by atoms with Crippen molar-refractivity contribution in [2.75, 3.05) is 0 Å². The van der Waals surface area contributed by atoms with Crippen LogP contribution in [0.5, 0.6) is 0 Å². The Morgan fingerprint density at radius 3 is 2.74 bits per heavy atom. The van der Waals surface area contributed by atoms with E-state index >= 15 is 0 Å². The fourth-order valence-corrected chi connectivity index (χ4v) is 3.23. The van der Waals surface area contributed by atoms with Crippen LogP contribution in [0.1, 0.15) is 16.1 Å². The molecule has 19 heavy (non-hydrogen) atoms. The molecule has 6 nitrogen and oxygen atoms in total. The molecule has 0 amide bonds. The molecule has 1 aliphatic rings. The van der Waals surface area contributed by atoms with Crippen molar-refractivity contribution < 1.29 is 22.7 Å². The summed E-state index contributed by atoms with van der Waals surface area (Å²) in [6, 6.07) is 7.70. The first-order valence-corrected chi connectivity index (χ1v) is 6.92. The molecule has 0 unspecified atom stereocenters. The molecule has 0 fully saturated rings. The molecule has 2 heterocycles. The second kappa shape index (κ2) is 3.94. The van der Waals surface area contributed by atoms with Gasteiger partial charge in [0.05, 0.1) is 4.90 Å². The van der Waals surface area contributed by atoms with Gasteiger partial charge in [0, 0.05) is 12.1 Å². The minimum Gasteiger partial charge on any atom is -0.475 e. The van der Waals surface area contributed by atoms with Gasteiger partial charge in [-0.1, -0.05) is 12.1 Å². The number of hydrogen-bond acceptors (Lipinski definition) is 4. The van der Waals surface area contributed by atoms with Crippen LogP contribution >= 0.6 is 0 Å². The summed E-state index contributed by atoms with van der Waals surface area (Å²) in [5.74, 6) is -1.03. The molecule has 98 valence electrons. The molecule has 0 aliphatic carbocycles. The molecule has 0 saturated heterocycles. The van der Waals surface area contributed by atoms with Crippen molar-refractivity contribution in [3.63, 3.8) is 0 Å². The van der Waals surface area contributed by atoms with Crippen LogP contribution in [0.2, 0.25) is 0 Å². The molecule has 7 heteroatoms. The van der Waals surface area contributed by atoms with Crippen molar-refractivity contribution >= 4 is 16.0 Å². The topological polar surface area (TPSA) is 96.6 Å². The molecule has 2 N–H and O–H groups in total. The summed E-state index contributed by atoms with van der Waals surface area (Å²) in [5, 5.41) is 8.78. The number of nitrogens with one attached hydrogen (secondary N) is 1. The lowest BCUT2D eigenvalue weighted by atomic mass is 10.1. The average molecular weight is 279 g/mol. The summed E-state index contributed by atoms with van der Waals surface area (Å²) < 4.78 is 31.0. The fraction of sp³-hybridized carbons (Fsp3) is 0.0833. The lowest BCUT2D eigenvalue weighted by Gasteiger charge is -2.01. The predicted molar refractivity (Wildman–Crippen MR) is 65.1 cm³/mol. The third kappa shape index (κ3) is 1.92. The number of furan rings is 1. The Hall–Kier alpha value is -2.12. The highest BCUT2D eigenvalue weighted by Gasteiger charge is 2.26. The number of aromatic carboxylic acids is 1. The zero-order valence-corrected chi connectivity index (χ0v) is 10.4. The van der Waals surface area contributed by atoms with Gasteiger partial charge in [-0.2, -0.15) is 0 Å². The van der Waals surface area contributed by atoms with Gasteiger partial charge in [0.25, 0.3) is 0 Å². The Labute approximate surface area is 108 Å². The van der Waals surface area contributed by atoms with Crippen LogP contribution in [0.25, 0.3) is 11.3 Å². The van der Waals surface area contributed by atoms with E-state index in [1.165, 1.54) is 18.2 Å². The largest absolute Gasteiger partial charge is 0.475 e.